The fourth-order valence-corrected chi connectivity index (χ4v) is 11.8. The molecule has 0 saturated carbocycles. The summed E-state index contributed by atoms with van der Waals surface area (Å²) in [7, 11) is 0. The van der Waals surface area contributed by atoms with Gasteiger partial charge in [-0.05, 0) is 127 Å². The van der Waals surface area contributed by atoms with Gasteiger partial charge in [0.1, 0.15) is 0 Å². The molecular formula is C76H77N4OPt-3. The Morgan fingerprint density at radius 1 is 0.488 bits per heavy atom. The largest absolute Gasteiger partial charge is 0.661 e. The van der Waals surface area contributed by atoms with Crippen molar-refractivity contribution < 1.29 is 25.8 Å². The minimum Gasteiger partial charge on any atom is -0.661 e. The van der Waals surface area contributed by atoms with Crippen LogP contribution in [0.5, 0.6) is 11.5 Å². The van der Waals surface area contributed by atoms with Crippen molar-refractivity contribution in [3.63, 3.8) is 0 Å². The average Bonchev–Trinajstić information content (AvgIpc) is 2.69. The molecule has 1 aliphatic rings. The molecule has 420 valence electrons. The monoisotopic (exact) mass is 1260 g/mol. The summed E-state index contributed by atoms with van der Waals surface area (Å²) in [6, 6.07) is 73.8. The van der Waals surface area contributed by atoms with Gasteiger partial charge in [-0.1, -0.05) is 242 Å². The van der Waals surface area contributed by atoms with Crippen molar-refractivity contribution in [2.45, 2.75) is 138 Å². The van der Waals surface area contributed by atoms with Crippen molar-refractivity contribution in [1.82, 2.24) is 9.55 Å². The Kier molecular flexibility index (Phi) is 16.2. The third kappa shape index (κ3) is 11.3. The van der Waals surface area contributed by atoms with Gasteiger partial charge in [-0.2, -0.15) is 11.6 Å². The number of hydrogen-bond acceptors (Lipinski definition) is 3. The van der Waals surface area contributed by atoms with Crippen LogP contribution in [-0.4, -0.2) is 9.55 Å². The fraction of sp³-hybridized carbons (Fsp3) is 0.276. The summed E-state index contributed by atoms with van der Waals surface area (Å²) in [4.78, 5) is 8.04. The van der Waals surface area contributed by atoms with Crippen molar-refractivity contribution in [3.05, 3.63) is 238 Å². The standard InChI is InChI=1S/C76H77N4O.Pt/c1-47(2)61-30-25-31-62(48(3)4)71(61)79-69-34-23-21-32-67(69)77-73(79)56-38-55(63-37-36-53(45-66(63)76(12,13)14)51-26-17-15-18-27-51)40-59(41-56)81-60-42-57(39-58(46-60)75(9,10)11)74-78-68-33-22-24-35-70(68)80(74)72-64(49(5)6)43-54(44-65(72)50(7)8)52-28-19-16-20-29-52;/h15-40,43-50,74H,1-14H3;/q-3;. The van der Waals surface area contributed by atoms with Crippen LogP contribution in [0.1, 0.15) is 166 Å². The predicted octanol–water partition coefficient (Wildman–Crippen LogP) is 22.0. The molecule has 0 amide bonds. The quantitative estimate of drug-likeness (QED) is 0.108. The zero-order valence-corrected chi connectivity index (χ0v) is 52.5. The van der Waals surface area contributed by atoms with Crippen LogP contribution in [-0.2, 0) is 31.9 Å². The Balaban J connectivity index is 0.00000753. The third-order valence-electron chi connectivity index (χ3n) is 16.1. The number of hydrogen-bond donors (Lipinski definition) is 0. The summed E-state index contributed by atoms with van der Waals surface area (Å²) in [5.41, 5.74) is 22.1. The minimum absolute atomic E-state index is 0. The molecule has 0 aliphatic carbocycles. The van der Waals surface area contributed by atoms with Crippen molar-refractivity contribution >= 4 is 28.1 Å². The summed E-state index contributed by atoms with van der Waals surface area (Å²) < 4.78 is 9.79. The Bertz CT molecular complexity index is 3870. The number of anilines is 2. The minimum atomic E-state index is -0.427. The average molecular weight is 1260 g/mol. The van der Waals surface area contributed by atoms with E-state index in [2.05, 4.69) is 301 Å². The molecule has 10 aromatic rings. The molecule has 6 heteroatoms. The Morgan fingerprint density at radius 2 is 1.06 bits per heavy atom. The molecule has 0 bridgehead atoms. The zero-order chi connectivity index (χ0) is 57.1. The summed E-state index contributed by atoms with van der Waals surface area (Å²) >= 11 is 0. The van der Waals surface area contributed by atoms with Crippen LogP contribution >= 0.6 is 0 Å². The van der Waals surface area contributed by atoms with E-state index >= 15 is 0 Å². The summed E-state index contributed by atoms with van der Waals surface area (Å²) in [5, 5.41) is 5.62. The van der Waals surface area contributed by atoms with Gasteiger partial charge in [0.2, 0.25) is 0 Å². The van der Waals surface area contributed by atoms with Gasteiger partial charge in [0.15, 0.2) is 0 Å². The fourth-order valence-electron chi connectivity index (χ4n) is 11.8. The maximum atomic E-state index is 7.40. The van der Waals surface area contributed by atoms with Crippen molar-refractivity contribution in [1.29, 1.82) is 0 Å². The van der Waals surface area contributed by atoms with Crippen LogP contribution in [0.25, 0.3) is 66.8 Å². The molecule has 1 aliphatic heterocycles. The van der Waals surface area contributed by atoms with E-state index in [-0.39, 0.29) is 55.6 Å². The van der Waals surface area contributed by atoms with E-state index in [1.807, 2.05) is 0 Å². The first kappa shape index (κ1) is 57.8. The first-order valence-electron chi connectivity index (χ1n) is 29.2. The summed E-state index contributed by atoms with van der Waals surface area (Å²) in [6.07, 6.45) is -0.427. The number of rotatable bonds is 13. The van der Waals surface area contributed by atoms with Crippen molar-refractivity contribution in [2.75, 3.05) is 4.90 Å². The molecule has 11 rings (SSSR count). The Hall–Kier alpha value is -7.46. The number of aromatic nitrogens is 2. The maximum Gasteiger partial charge on any atom is 0.0774 e. The van der Waals surface area contributed by atoms with Crippen LogP contribution in [0.2, 0.25) is 0 Å². The molecule has 82 heavy (non-hydrogen) atoms. The second kappa shape index (κ2) is 23.1. The SMILES string of the molecule is CC(C)c1cc(-c2ccccc2)cc(C(C)C)c1N1c2ccccc2[N-]C1c1[c-]c(Oc2[c-]c(-c3nc4ccccc4n3-c3c(C(C)C)cccc3C(C)C)cc(-c3ccc(-c4ccccc4)cc3C(C)(C)C)c2)cc(C(C)(C)C)c1.[Pt]. The van der Waals surface area contributed by atoms with Gasteiger partial charge in [0.05, 0.1) is 16.9 Å². The molecule has 9 aromatic carbocycles. The van der Waals surface area contributed by atoms with Crippen LogP contribution < -0.4 is 9.64 Å². The first-order chi connectivity index (χ1) is 38.7. The Labute approximate surface area is 503 Å². The molecule has 0 radical (unpaired) electrons. The number of para-hydroxylation sites is 5. The number of imidazole rings is 1. The van der Waals surface area contributed by atoms with E-state index in [4.69, 9.17) is 15.0 Å². The second-order valence-electron chi connectivity index (χ2n) is 25.5. The van der Waals surface area contributed by atoms with Gasteiger partial charge in [-0.3, -0.25) is 4.98 Å². The van der Waals surface area contributed by atoms with Crippen LogP contribution in [0.3, 0.4) is 0 Å². The number of nitrogens with zero attached hydrogens (tertiary/aromatic N) is 4. The summed E-state index contributed by atoms with van der Waals surface area (Å²) in [6.45, 7) is 32.1. The van der Waals surface area contributed by atoms with Gasteiger partial charge >= 0.3 is 0 Å². The molecule has 0 N–H and O–H groups in total. The van der Waals surface area contributed by atoms with Crippen LogP contribution in [0, 0.1) is 12.1 Å². The molecule has 0 saturated heterocycles. The predicted molar refractivity (Wildman–Crippen MR) is 342 cm³/mol. The van der Waals surface area contributed by atoms with E-state index in [9.17, 15) is 0 Å². The first-order valence-corrected chi connectivity index (χ1v) is 29.2. The molecule has 1 aromatic heterocycles. The molecule has 0 spiro atoms. The third-order valence-corrected chi connectivity index (χ3v) is 16.1. The number of fused-ring (bicyclic) bond motifs is 2. The van der Waals surface area contributed by atoms with Crippen LogP contribution in [0.4, 0.5) is 17.1 Å². The van der Waals surface area contributed by atoms with E-state index in [1.165, 1.54) is 61.4 Å². The smallest absolute Gasteiger partial charge is 0.0774 e. The molecule has 1 unspecified atom stereocenters. The maximum absolute atomic E-state index is 7.40. The van der Waals surface area contributed by atoms with Crippen molar-refractivity contribution in [2.24, 2.45) is 0 Å². The van der Waals surface area contributed by atoms with Crippen LogP contribution in [0.15, 0.2) is 182 Å². The second-order valence-corrected chi connectivity index (χ2v) is 25.5. The topological polar surface area (TPSA) is 44.4 Å². The van der Waals surface area contributed by atoms with E-state index in [0.717, 1.165) is 56.0 Å². The normalized spacial score (nSPS) is 13.5. The van der Waals surface area contributed by atoms with Gasteiger partial charge in [-0.25, -0.2) is 0 Å². The van der Waals surface area contributed by atoms with E-state index in [1.54, 1.807) is 0 Å². The molecule has 2 heterocycles. The summed E-state index contributed by atoms with van der Waals surface area (Å²) in [5.74, 6) is 2.97. The molecule has 0 fully saturated rings. The van der Waals surface area contributed by atoms with Gasteiger partial charge < -0.3 is 19.5 Å². The molecular weight excluding hydrogens is 1180 g/mol. The zero-order valence-electron chi connectivity index (χ0n) is 50.2. The van der Waals surface area contributed by atoms with Gasteiger partial charge in [-0.15, -0.1) is 35.0 Å². The van der Waals surface area contributed by atoms with E-state index < -0.39 is 6.17 Å². The van der Waals surface area contributed by atoms with Gasteiger partial charge in [0.25, 0.3) is 0 Å². The molecule has 5 nitrogen and oxygen atoms in total. The number of ether oxygens (including phenoxy) is 1. The molecule has 1 atom stereocenters. The number of benzene rings is 9. The van der Waals surface area contributed by atoms with Gasteiger partial charge in [0, 0.05) is 49.6 Å². The van der Waals surface area contributed by atoms with Crippen molar-refractivity contribution in [3.8, 4) is 62.0 Å². The van der Waals surface area contributed by atoms with E-state index in [0.29, 0.717) is 11.5 Å². The Morgan fingerprint density at radius 3 is 1.67 bits per heavy atom.